The van der Waals surface area contributed by atoms with Gasteiger partial charge < -0.3 is 15.3 Å². The topological polar surface area (TPSA) is 69.6 Å². The summed E-state index contributed by atoms with van der Waals surface area (Å²) in [4.78, 5) is 27.1. The van der Waals surface area contributed by atoms with Gasteiger partial charge in [-0.1, -0.05) is 36.8 Å². The predicted octanol–water partition coefficient (Wildman–Crippen LogP) is 2.58. The molecule has 1 aromatic rings. The maximum Gasteiger partial charge on any atom is 0.319 e. The Morgan fingerprint density at radius 1 is 1.20 bits per heavy atom. The number of benzene rings is 1. The molecule has 2 aliphatic carbocycles. The molecule has 2 N–H and O–H groups in total. The van der Waals surface area contributed by atoms with E-state index in [4.69, 9.17) is 0 Å². The van der Waals surface area contributed by atoms with Crippen LogP contribution < -0.4 is 5.32 Å². The predicted molar refractivity (Wildman–Crippen MR) is 93.9 cm³/mol. The van der Waals surface area contributed by atoms with Crippen molar-refractivity contribution in [3.63, 3.8) is 0 Å². The molecular formula is C20H26N2O3. The second kappa shape index (κ2) is 5.84. The van der Waals surface area contributed by atoms with Gasteiger partial charge in [0.25, 0.3) is 0 Å². The first-order valence-corrected chi connectivity index (χ1v) is 9.30. The maximum absolute atomic E-state index is 13.3. The Labute approximate surface area is 148 Å². The second-order valence-electron chi connectivity index (χ2n) is 8.18. The van der Waals surface area contributed by atoms with Crippen LogP contribution in [-0.4, -0.2) is 41.0 Å². The third-order valence-electron chi connectivity index (χ3n) is 6.70. The largest absolute Gasteiger partial charge is 0.480 e. The minimum atomic E-state index is -1.19. The van der Waals surface area contributed by atoms with Crippen LogP contribution in [0.2, 0.25) is 0 Å². The van der Waals surface area contributed by atoms with Gasteiger partial charge in [0.15, 0.2) is 0 Å². The number of hydrogen-bond donors (Lipinski definition) is 2. The fraction of sp³-hybridized carbons (Fsp3) is 0.600. The summed E-state index contributed by atoms with van der Waals surface area (Å²) in [7, 11) is 0. The quantitative estimate of drug-likeness (QED) is 0.829. The molecule has 1 spiro atoms. The van der Waals surface area contributed by atoms with Gasteiger partial charge in [-0.15, -0.1) is 0 Å². The van der Waals surface area contributed by atoms with E-state index < -0.39 is 11.4 Å². The van der Waals surface area contributed by atoms with E-state index in [-0.39, 0.29) is 23.4 Å². The van der Waals surface area contributed by atoms with E-state index in [0.29, 0.717) is 25.9 Å². The Balaban J connectivity index is 1.55. The number of aliphatic carboxylic acids is 1. The zero-order valence-electron chi connectivity index (χ0n) is 14.7. The molecule has 1 amide bonds. The summed E-state index contributed by atoms with van der Waals surface area (Å²) in [6.07, 6.45) is 4.39. The third kappa shape index (κ3) is 2.48. The van der Waals surface area contributed by atoms with Crippen LogP contribution in [0, 0.1) is 10.8 Å². The van der Waals surface area contributed by atoms with Crippen LogP contribution in [0.4, 0.5) is 0 Å². The molecule has 0 radical (unpaired) electrons. The van der Waals surface area contributed by atoms with Gasteiger partial charge in [0, 0.05) is 19.1 Å². The number of carboxylic acids is 1. The molecule has 5 nitrogen and oxygen atoms in total. The van der Waals surface area contributed by atoms with Crippen LogP contribution in [-0.2, 0) is 9.59 Å². The number of carbonyl (C=O) groups excluding carboxylic acids is 1. The van der Waals surface area contributed by atoms with E-state index in [0.717, 1.165) is 18.4 Å². The molecule has 2 saturated carbocycles. The molecule has 1 heterocycles. The number of carbonyl (C=O) groups is 2. The fourth-order valence-electron chi connectivity index (χ4n) is 5.17. The zero-order valence-corrected chi connectivity index (χ0v) is 14.7. The van der Waals surface area contributed by atoms with Gasteiger partial charge in [0.2, 0.25) is 5.91 Å². The van der Waals surface area contributed by atoms with Crippen molar-refractivity contribution in [2.75, 3.05) is 13.1 Å². The highest BCUT2D eigenvalue weighted by atomic mass is 16.4. The highest BCUT2D eigenvalue weighted by Crippen LogP contribution is 2.65. The molecule has 4 rings (SSSR count). The van der Waals surface area contributed by atoms with Gasteiger partial charge in [0.1, 0.15) is 5.41 Å². The number of hydrogen-bond acceptors (Lipinski definition) is 3. The van der Waals surface area contributed by atoms with Crippen molar-refractivity contribution < 1.29 is 14.7 Å². The van der Waals surface area contributed by atoms with E-state index in [1.54, 1.807) is 0 Å². The summed E-state index contributed by atoms with van der Waals surface area (Å²) < 4.78 is 0. The Morgan fingerprint density at radius 3 is 2.44 bits per heavy atom. The van der Waals surface area contributed by atoms with E-state index in [1.165, 1.54) is 6.42 Å². The van der Waals surface area contributed by atoms with Gasteiger partial charge in [0.05, 0.1) is 6.04 Å². The monoisotopic (exact) mass is 342 g/mol. The Kier molecular flexibility index (Phi) is 3.87. The van der Waals surface area contributed by atoms with Crippen LogP contribution in [0.25, 0.3) is 0 Å². The maximum atomic E-state index is 13.3. The fourth-order valence-corrected chi connectivity index (χ4v) is 5.17. The Hall–Kier alpha value is -1.88. The highest BCUT2D eigenvalue weighted by Gasteiger charge is 2.66. The lowest BCUT2D eigenvalue weighted by atomic mass is 9.45. The number of amides is 1. The van der Waals surface area contributed by atoms with Crippen molar-refractivity contribution in [1.82, 2.24) is 10.2 Å². The minimum Gasteiger partial charge on any atom is -0.480 e. The van der Waals surface area contributed by atoms with Gasteiger partial charge in [-0.3, -0.25) is 9.59 Å². The standard InChI is InChI=1S/C20H26N2O3/c1-14-16(15-6-3-2-4-7-15)21-10-11-22(14)17(23)20(18(24)25)12-19(13-20)8-5-9-19/h2-4,6-7,14,16,21H,5,8-13H2,1H3,(H,24,25)/t14-,16-/m1/s1. The molecule has 134 valence electrons. The molecular weight excluding hydrogens is 316 g/mol. The molecule has 3 fully saturated rings. The van der Waals surface area contributed by atoms with E-state index in [9.17, 15) is 14.7 Å². The molecule has 25 heavy (non-hydrogen) atoms. The first-order valence-electron chi connectivity index (χ1n) is 9.30. The number of nitrogens with one attached hydrogen (secondary N) is 1. The molecule has 1 aliphatic heterocycles. The lowest BCUT2D eigenvalue weighted by molar-refractivity contribution is -0.189. The molecule has 5 heteroatoms. The van der Waals surface area contributed by atoms with Gasteiger partial charge in [-0.25, -0.2) is 0 Å². The average Bonchev–Trinajstić information content (AvgIpc) is 2.53. The molecule has 1 aromatic carbocycles. The van der Waals surface area contributed by atoms with Gasteiger partial charge in [-0.2, -0.15) is 0 Å². The molecule has 0 unspecified atom stereocenters. The Bertz CT molecular complexity index is 675. The molecule has 3 aliphatic rings. The van der Waals surface area contributed by atoms with E-state index >= 15 is 0 Å². The number of piperazine rings is 1. The van der Waals surface area contributed by atoms with Gasteiger partial charge >= 0.3 is 5.97 Å². The van der Waals surface area contributed by atoms with Crippen molar-refractivity contribution in [1.29, 1.82) is 0 Å². The summed E-state index contributed by atoms with van der Waals surface area (Å²) in [5.41, 5.74) is 0.0955. The lowest BCUT2D eigenvalue weighted by Gasteiger charge is -2.59. The lowest BCUT2D eigenvalue weighted by Crippen LogP contribution is -2.65. The van der Waals surface area contributed by atoms with E-state index in [2.05, 4.69) is 17.4 Å². The van der Waals surface area contributed by atoms with E-state index in [1.807, 2.05) is 30.0 Å². The SMILES string of the molecule is C[C@@H]1[C@H](c2ccccc2)NCCN1C(=O)C1(C(=O)O)CC2(CCC2)C1. The van der Waals surface area contributed by atoms with Crippen LogP contribution in [0.1, 0.15) is 50.6 Å². The van der Waals surface area contributed by atoms with Crippen LogP contribution in [0.5, 0.6) is 0 Å². The normalized spacial score (nSPS) is 29.6. The summed E-state index contributed by atoms with van der Waals surface area (Å²) >= 11 is 0. The van der Waals surface area contributed by atoms with Crippen LogP contribution >= 0.6 is 0 Å². The van der Waals surface area contributed by atoms with Crippen LogP contribution in [0.15, 0.2) is 30.3 Å². The number of carboxylic acid groups (broad SMARTS) is 1. The summed E-state index contributed by atoms with van der Waals surface area (Å²) in [6, 6.07) is 10.1. The highest BCUT2D eigenvalue weighted by molar-refractivity contribution is 6.03. The molecule has 0 aromatic heterocycles. The van der Waals surface area contributed by atoms with Crippen molar-refractivity contribution in [2.45, 2.75) is 51.1 Å². The smallest absolute Gasteiger partial charge is 0.319 e. The first kappa shape index (κ1) is 16.6. The second-order valence-corrected chi connectivity index (χ2v) is 8.18. The van der Waals surface area contributed by atoms with Crippen LogP contribution in [0.3, 0.4) is 0 Å². The minimum absolute atomic E-state index is 0.0440. The van der Waals surface area contributed by atoms with Crippen molar-refractivity contribution in [3.8, 4) is 0 Å². The van der Waals surface area contributed by atoms with Crippen molar-refractivity contribution >= 4 is 11.9 Å². The number of rotatable bonds is 3. The summed E-state index contributed by atoms with van der Waals surface area (Å²) in [5.74, 6) is -1.11. The first-order chi connectivity index (χ1) is 12.0. The summed E-state index contributed by atoms with van der Waals surface area (Å²) in [6.45, 7) is 3.29. The van der Waals surface area contributed by atoms with Gasteiger partial charge in [-0.05, 0) is 43.6 Å². The molecule has 2 atom stereocenters. The molecule has 0 bridgehead atoms. The van der Waals surface area contributed by atoms with Crippen molar-refractivity contribution in [3.05, 3.63) is 35.9 Å². The third-order valence-corrected chi connectivity index (χ3v) is 6.70. The molecule has 1 saturated heterocycles. The zero-order chi connectivity index (χ0) is 17.7. The number of nitrogens with zero attached hydrogens (tertiary/aromatic N) is 1. The average molecular weight is 342 g/mol. The summed E-state index contributed by atoms with van der Waals surface area (Å²) in [5, 5.41) is 13.3. The Morgan fingerprint density at radius 2 is 1.88 bits per heavy atom. The van der Waals surface area contributed by atoms with Crippen molar-refractivity contribution in [2.24, 2.45) is 10.8 Å².